The van der Waals surface area contributed by atoms with Gasteiger partial charge in [-0.15, -0.1) is 5.10 Å². The molecule has 1 aliphatic rings. The lowest BCUT2D eigenvalue weighted by Crippen LogP contribution is -2.03. The first-order valence-electron chi connectivity index (χ1n) is 7.78. The monoisotopic (exact) mass is 365 g/mol. The summed E-state index contributed by atoms with van der Waals surface area (Å²) in [5, 5.41) is 8.25. The van der Waals surface area contributed by atoms with Crippen LogP contribution in [-0.4, -0.2) is 31.6 Å². The zero-order chi connectivity index (χ0) is 17.4. The highest BCUT2D eigenvalue weighted by Gasteiger charge is 2.26. The van der Waals surface area contributed by atoms with E-state index in [4.69, 9.17) is 11.6 Å². The summed E-state index contributed by atoms with van der Waals surface area (Å²) in [4.78, 5) is 7.68. The summed E-state index contributed by atoms with van der Waals surface area (Å²) in [6.07, 6.45) is 6.47. The van der Waals surface area contributed by atoms with Crippen LogP contribution in [0.3, 0.4) is 0 Å². The third-order valence-corrected chi connectivity index (χ3v) is 4.23. The van der Waals surface area contributed by atoms with Crippen LogP contribution in [0.15, 0.2) is 30.6 Å². The number of nitrogens with one attached hydrogen (secondary N) is 1. The van der Waals surface area contributed by atoms with Gasteiger partial charge in [0.25, 0.3) is 0 Å². The lowest BCUT2D eigenvalue weighted by Gasteiger charge is -2.08. The highest BCUT2D eigenvalue weighted by atomic mass is 35.5. The molecule has 1 aliphatic carbocycles. The first kappa shape index (κ1) is 16.0. The van der Waals surface area contributed by atoms with E-state index in [1.807, 2.05) is 6.20 Å². The van der Waals surface area contributed by atoms with E-state index in [2.05, 4.69) is 25.0 Å². The molecule has 0 spiro atoms. The molecule has 0 radical (unpaired) electrons. The summed E-state index contributed by atoms with van der Waals surface area (Å²) in [5.41, 5.74) is 2.23. The van der Waals surface area contributed by atoms with Gasteiger partial charge in [0.05, 0.1) is 22.6 Å². The van der Waals surface area contributed by atoms with Crippen molar-refractivity contribution in [3.8, 4) is 11.4 Å². The van der Waals surface area contributed by atoms with E-state index in [0.717, 1.165) is 17.2 Å². The molecule has 4 rings (SSSR count). The van der Waals surface area contributed by atoms with E-state index < -0.39 is 6.61 Å². The van der Waals surface area contributed by atoms with Crippen molar-refractivity contribution >= 4 is 11.6 Å². The fraction of sp³-hybridized carbons (Fsp3) is 0.312. The lowest BCUT2D eigenvalue weighted by atomic mass is 10.2. The van der Waals surface area contributed by atoms with Crippen LogP contribution in [0.2, 0.25) is 5.02 Å². The van der Waals surface area contributed by atoms with Gasteiger partial charge in [0, 0.05) is 30.3 Å². The lowest BCUT2D eigenvalue weighted by molar-refractivity contribution is -0.0497. The number of aromatic nitrogens is 5. The van der Waals surface area contributed by atoms with Crippen molar-refractivity contribution in [3.63, 3.8) is 0 Å². The minimum atomic E-state index is -2.94. The highest BCUT2D eigenvalue weighted by Crippen LogP contribution is 2.38. The molecule has 1 N–H and O–H groups in total. The first-order valence-corrected chi connectivity index (χ1v) is 8.16. The van der Waals surface area contributed by atoms with Crippen molar-refractivity contribution in [2.45, 2.75) is 31.8 Å². The molecular formula is C16H14ClF2N5O. The van der Waals surface area contributed by atoms with Gasteiger partial charge < -0.3 is 9.72 Å². The van der Waals surface area contributed by atoms with Crippen LogP contribution in [0.1, 0.15) is 36.0 Å². The Morgan fingerprint density at radius 2 is 2.20 bits per heavy atom. The summed E-state index contributed by atoms with van der Waals surface area (Å²) in [7, 11) is 0. The normalized spacial score (nSPS) is 14.2. The maximum absolute atomic E-state index is 12.4. The van der Waals surface area contributed by atoms with Gasteiger partial charge in [0.2, 0.25) is 0 Å². The van der Waals surface area contributed by atoms with Gasteiger partial charge >= 0.3 is 6.61 Å². The zero-order valence-corrected chi connectivity index (χ0v) is 13.7. The molecule has 25 heavy (non-hydrogen) atoms. The Balaban J connectivity index is 1.52. The topological polar surface area (TPSA) is 68.6 Å². The zero-order valence-electron chi connectivity index (χ0n) is 13.0. The summed E-state index contributed by atoms with van der Waals surface area (Å²) in [6, 6.07) is 4.53. The number of aromatic amines is 1. The average Bonchev–Trinajstić information content (AvgIpc) is 3.14. The second kappa shape index (κ2) is 6.44. The van der Waals surface area contributed by atoms with Gasteiger partial charge in [-0.3, -0.25) is 0 Å². The standard InChI is InChI=1S/C16H14ClF2N5O/c17-13-4-3-12(6-14(13)25-16(18)19)24-8-11(22-23-24)5-10-7-20-15(21-10)9-1-2-9/h3-4,6-9,16H,1-2,5H2,(H,20,21). The van der Waals surface area contributed by atoms with Crippen molar-refractivity contribution in [2.75, 3.05) is 0 Å². The van der Waals surface area contributed by atoms with Gasteiger partial charge in [0.1, 0.15) is 11.6 Å². The Morgan fingerprint density at radius 3 is 2.96 bits per heavy atom. The highest BCUT2D eigenvalue weighted by molar-refractivity contribution is 6.32. The van der Waals surface area contributed by atoms with Crippen LogP contribution >= 0.6 is 11.6 Å². The van der Waals surface area contributed by atoms with E-state index in [9.17, 15) is 8.78 Å². The number of halogens is 3. The predicted molar refractivity (Wildman–Crippen MR) is 86.4 cm³/mol. The van der Waals surface area contributed by atoms with Gasteiger partial charge in [-0.2, -0.15) is 8.78 Å². The maximum atomic E-state index is 12.4. The molecule has 0 saturated heterocycles. The molecule has 1 aromatic carbocycles. The Labute approximate surface area is 146 Å². The molecule has 0 amide bonds. The minimum Gasteiger partial charge on any atom is -0.433 e. The number of benzene rings is 1. The number of ether oxygens (including phenoxy) is 1. The maximum Gasteiger partial charge on any atom is 0.387 e. The van der Waals surface area contributed by atoms with Crippen LogP contribution in [0.25, 0.3) is 5.69 Å². The molecule has 0 aliphatic heterocycles. The molecular weight excluding hydrogens is 352 g/mol. The summed E-state index contributed by atoms with van der Waals surface area (Å²) in [5.74, 6) is 1.48. The van der Waals surface area contributed by atoms with Crippen LogP contribution in [0.4, 0.5) is 8.78 Å². The smallest absolute Gasteiger partial charge is 0.387 e. The number of hydrogen-bond acceptors (Lipinski definition) is 4. The largest absolute Gasteiger partial charge is 0.433 e. The van der Waals surface area contributed by atoms with Crippen LogP contribution in [-0.2, 0) is 6.42 Å². The Hall–Kier alpha value is -2.48. The van der Waals surface area contributed by atoms with Gasteiger partial charge in [-0.05, 0) is 25.0 Å². The second-order valence-corrected chi connectivity index (χ2v) is 6.30. The number of H-pyrrole nitrogens is 1. The molecule has 130 valence electrons. The van der Waals surface area contributed by atoms with Gasteiger partial charge in [-0.1, -0.05) is 16.8 Å². The Bertz CT molecular complexity index is 890. The molecule has 3 aromatic rings. The fourth-order valence-electron chi connectivity index (χ4n) is 2.55. The SMILES string of the molecule is FC(F)Oc1cc(-n2cc(Cc3cnc(C4CC4)[nH]3)nn2)ccc1Cl. The molecule has 0 unspecified atom stereocenters. The predicted octanol–water partition coefficient (Wildman–Crippen LogP) is 3.71. The van der Waals surface area contributed by atoms with Crippen molar-refractivity contribution in [2.24, 2.45) is 0 Å². The van der Waals surface area contributed by atoms with Crippen molar-refractivity contribution in [1.82, 2.24) is 25.0 Å². The van der Waals surface area contributed by atoms with E-state index in [-0.39, 0.29) is 10.8 Å². The van der Waals surface area contributed by atoms with E-state index in [1.54, 1.807) is 12.3 Å². The molecule has 9 heteroatoms. The second-order valence-electron chi connectivity index (χ2n) is 5.89. The van der Waals surface area contributed by atoms with E-state index >= 15 is 0 Å². The van der Waals surface area contributed by atoms with Crippen LogP contribution < -0.4 is 4.74 Å². The molecule has 2 aromatic heterocycles. The number of alkyl halides is 2. The first-order chi connectivity index (χ1) is 12.1. The Morgan fingerprint density at radius 1 is 1.36 bits per heavy atom. The van der Waals surface area contributed by atoms with Gasteiger partial charge in [-0.25, -0.2) is 9.67 Å². The quantitative estimate of drug-likeness (QED) is 0.723. The third-order valence-electron chi connectivity index (χ3n) is 3.92. The van der Waals surface area contributed by atoms with Crippen molar-refractivity contribution < 1.29 is 13.5 Å². The van der Waals surface area contributed by atoms with Crippen LogP contribution in [0.5, 0.6) is 5.75 Å². The van der Waals surface area contributed by atoms with E-state index in [0.29, 0.717) is 18.0 Å². The van der Waals surface area contributed by atoms with Crippen molar-refractivity contribution in [3.05, 3.63) is 52.8 Å². The van der Waals surface area contributed by atoms with Crippen molar-refractivity contribution in [1.29, 1.82) is 0 Å². The summed E-state index contributed by atoms with van der Waals surface area (Å²) >= 11 is 5.86. The number of nitrogens with zero attached hydrogens (tertiary/aromatic N) is 4. The molecule has 1 fully saturated rings. The minimum absolute atomic E-state index is 0.103. The van der Waals surface area contributed by atoms with Gasteiger partial charge in [0.15, 0.2) is 0 Å². The number of rotatable bonds is 6. The summed E-state index contributed by atoms with van der Waals surface area (Å²) in [6.45, 7) is -2.94. The van der Waals surface area contributed by atoms with E-state index in [1.165, 1.54) is 29.7 Å². The molecule has 6 nitrogen and oxygen atoms in total. The molecule has 2 heterocycles. The fourth-order valence-corrected chi connectivity index (χ4v) is 2.71. The van der Waals surface area contributed by atoms with Crippen LogP contribution in [0, 0.1) is 0 Å². The number of hydrogen-bond donors (Lipinski definition) is 1. The molecule has 0 atom stereocenters. The average molecular weight is 366 g/mol. The summed E-state index contributed by atoms with van der Waals surface area (Å²) < 4.78 is 30.7. The molecule has 1 saturated carbocycles. The molecule has 0 bridgehead atoms. The third kappa shape index (κ3) is 3.63. The Kier molecular flexibility index (Phi) is 4.12. The number of imidazole rings is 1.